The first kappa shape index (κ1) is 16.0. The third-order valence-electron chi connectivity index (χ3n) is 2.48. The summed E-state index contributed by atoms with van der Waals surface area (Å²) in [5.41, 5.74) is 0.367. The molecule has 0 fully saturated rings. The van der Waals surface area contributed by atoms with Gasteiger partial charge in [-0.25, -0.2) is 0 Å². The van der Waals surface area contributed by atoms with E-state index in [9.17, 15) is 9.90 Å². The van der Waals surface area contributed by atoms with Crippen LogP contribution in [-0.4, -0.2) is 37.3 Å². The number of hydrogen-bond acceptors (Lipinski definition) is 4. The van der Waals surface area contributed by atoms with Gasteiger partial charge in [0.05, 0.1) is 12.2 Å². The fourth-order valence-electron chi connectivity index (χ4n) is 1.44. The molecule has 1 unspecified atom stereocenters. The van der Waals surface area contributed by atoms with Gasteiger partial charge in [-0.1, -0.05) is 24.9 Å². The second kappa shape index (κ2) is 8.91. The number of halogens is 1. The molecule has 0 spiro atoms. The molecule has 19 heavy (non-hydrogen) atoms. The minimum Gasteiger partial charge on any atom is -0.490 e. The molecule has 1 aromatic carbocycles. The van der Waals surface area contributed by atoms with E-state index in [1.165, 1.54) is 6.07 Å². The monoisotopic (exact) mass is 286 g/mol. The van der Waals surface area contributed by atoms with Gasteiger partial charge in [0.25, 0.3) is 0 Å². The zero-order valence-corrected chi connectivity index (χ0v) is 11.7. The Morgan fingerprint density at radius 2 is 2.21 bits per heavy atom. The SMILES string of the molecule is CCCCOCC(O)COc1ccc(Cl)cc1C=O. The quantitative estimate of drug-likeness (QED) is 0.560. The van der Waals surface area contributed by atoms with Crippen molar-refractivity contribution in [3.63, 3.8) is 0 Å². The van der Waals surface area contributed by atoms with Gasteiger partial charge in [-0.05, 0) is 24.6 Å². The highest BCUT2D eigenvalue weighted by molar-refractivity contribution is 6.30. The van der Waals surface area contributed by atoms with E-state index in [4.69, 9.17) is 21.1 Å². The molecule has 0 bridgehead atoms. The first-order valence-electron chi connectivity index (χ1n) is 6.30. The molecule has 106 valence electrons. The molecule has 0 aliphatic heterocycles. The fraction of sp³-hybridized carbons (Fsp3) is 0.500. The Balaban J connectivity index is 2.37. The van der Waals surface area contributed by atoms with E-state index in [1.54, 1.807) is 12.1 Å². The molecule has 0 aliphatic carbocycles. The largest absolute Gasteiger partial charge is 0.490 e. The van der Waals surface area contributed by atoms with Gasteiger partial charge in [-0.3, -0.25) is 4.79 Å². The van der Waals surface area contributed by atoms with Gasteiger partial charge in [0.1, 0.15) is 18.5 Å². The molecular formula is C14H19ClO4. The van der Waals surface area contributed by atoms with E-state index in [0.717, 1.165) is 12.8 Å². The molecule has 4 nitrogen and oxygen atoms in total. The topological polar surface area (TPSA) is 55.8 Å². The van der Waals surface area contributed by atoms with Gasteiger partial charge in [0.15, 0.2) is 6.29 Å². The molecule has 1 rings (SSSR count). The van der Waals surface area contributed by atoms with Crippen LogP contribution in [0.15, 0.2) is 18.2 Å². The summed E-state index contributed by atoms with van der Waals surface area (Å²) in [5, 5.41) is 10.1. The number of aldehydes is 1. The zero-order chi connectivity index (χ0) is 14.1. The lowest BCUT2D eigenvalue weighted by Crippen LogP contribution is -2.24. The molecule has 0 amide bonds. The van der Waals surface area contributed by atoms with Crippen LogP contribution in [0.25, 0.3) is 0 Å². The lowest BCUT2D eigenvalue weighted by Gasteiger charge is -2.13. The van der Waals surface area contributed by atoms with Crippen molar-refractivity contribution in [3.8, 4) is 5.75 Å². The summed E-state index contributed by atoms with van der Waals surface area (Å²) in [6, 6.07) is 4.76. The van der Waals surface area contributed by atoms with E-state index in [-0.39, 0.29) is 13.2 Å². The molecule has 0 aliphatic rings. The first-order chi connectivity index (χ1) is 9.17. The first-order valence-corrected chi connectivity index (χ1v) is 6.68. The summed E-state index contributed by atoms with van der Waals surface area (Å²) >= 11 is 5.77. The molecular weight excluding hydrogens is 268 g/mol. The van der Waals surface area contributed by atoms with Crippen molar-refractivity contribution in [2.75, 3.05) is 19.8 Å². The minimum absolute atomic E-state index is 0.0780. The average molecular weight is 287 g/mol. The fourth-order valence-corrected chi connectivity index (χ4v) is 1.62. The molecule has 0 radical (unpaired) electrons. The molecule has 1 aromatic rings. The highest BCUT2D eigenvalue weighted by atomic mass is 35.5. The second-order valence-corrected chi connectivity index (χ2v) is 4.63. The average Bonchev–Trinajstić information content (AvgIpc) is 2.42. The van der Waals surface area contributed by atoms with Crippen molar-refractivity contribution in [2.45, 2.75) is 25.9 Å². The van der Waals surface area contributed by atoms with E-state index in [0.29, 0.717) is 29.2 Å². The molecule has 0 saturated heterocycles. The summed E-state index contributed by atoms with van der Waals surface area (Å²) in [6.07, 6.45) is 1.98. The van der Waals surface area contributed by atoms with E-state index in [2.05, 4.69) is 6.92 Å². The Hall–Kier alpha value is -1.10. The van der Waals surface area contributed by atoms with Crippen LogP contribution in [0.5, 0.6) is 5.75 Å². The maximum atomic E-state index is 10.8. The molecule has 0 heterocycles. The van der Waals surface area contributed by atoms with Crippen LogP contribution in [0, 0.1) is 0 Å². The van der Waals surface area contributed by atoms with Gasteiger partial charge >= 0.3 is 0 Å². The van der Waals surface area contributed by atoms with Gasteiger partial charge < -0.3 is 14.6 Å². The van der Waals surface area contributed by atoms with Gasteiger partial charge in [0, 0.05) is 11.6 Å². The number of unbranched alkanes of at least 4 members (excludes halogenated alkanes) is 1. The van der Waals surface area contributed by atoms with Crippen LogP contribution < -0.4 is 4.74 Å². The summed E-state index contributed by atoms with van der Waals surface area (Å²) in [5.74, 6) is 0.409. The Kier molecular flexibility index (Phi) is 7.48. The van der Waals surface area contributed by atoms with Gasteiger partial charge in [-0.15, -0.1) is 0 Å². The number of ether oxygens (including phenoxy) is 2. The maximum Gasteiger partial charge on any atom is 0.153 e. The normalized spacial score (nSPS) is 12.2. The standard InChI is InChI=1S/C14H19ClO4/c1-2-3-6-18-9-13(17)10-19-14-5-4-12(15)7-11(14)8-16/h4-5,7-8,13,17H,2-3,6,9-10H2,1H3. The maximum absolute atomic E-state index is 10.8. The molecule has 1 atom stereocenters. The number of aliphatic hydroxyl groups excluding tert-OH is 1. The third-order valence-corrected chi connectivity index (χ3v) is 2.72. The summed E-state index contributed by atoms with van der Waals surface area (Å²) < 4.78 is 10.7. The zero-order valence-electron chi connectivity index (χ0n) is 11.0. The Labute approximate surface area is 118 Å². The van der Waals surface area contributed by atoms with Crippen LogP contribution in [0.1, 0.15) is 30.1 Å². The van der Waals surface area contributed by atoms with Crippen molar-refractivity contribution >= 4 is 17.9 Å². The smallest absolute Gasteiger partial charge is 0.153 e. The van der Waals surface area contributed by atoms with Crippen molar-refractivity contribution in [1.82, 2.24) is 0 Å². The summed E-state index contributed by atoms with van der Waals surface area (Å²) in [4.78, 5) is 10.8. The number of rotatable bonds is 9. The third kappa shape index (κ3) is 6.05. The lowest BCUT2D eigenvalue weighted by molar-refractivity contribution is 0.0112. The van der Waals surface area contributed by atoms with E-state index >= 15 is 0 Å². The minimum atomic E-state index is -0.716. The number of benzene rings is 1. The van der Waals surface area contributed by atoms with E-state index < -0.39 is 6.10 Å². The van der Waals surface area contributed by atoms with Crippen molar-refractivity contribution in [3.05, 3.63) is 28.8 Å². The van der Waals surface area contributed by atoms with Crippen LogP contribution in [0.3, 0.4) is 0 Å². The molecule has 0 saturated carbocycles. The number of carbonyl (C=O) groups excluding carboxylic acids is 1. The molecule has 0 aromatic heterocycles. The van der Waals surface area contributed by atoms with Crippen molar-refractivity contribution in [1.29, 1.82) is 0 Å². The van der Waals surface area contributed by atoms with Crippen molar-refractivity contribution < 1.29 is 19.4 Å². The van der Waals surface area contributed by atoms with Crippen LogP contribution in [0.2, 0.25) is 5.02 Å². The van der Waals surface area contributed by atoms with Crippen LogP contribution >= 0.6 is 11.6 Å². The number of aliphatic hydroxyl groups is 1. The predicted molar refractivity (Wildman–Crippen MR) is 74.1 cm³/mol. The van der Waals surface area contributed by atoms with Crippen LogP contribution in [0.4, 0.5) is 0 Å². The van der Waals surface area contributed by atoms with Gasteiger partial charge in [0.2, 0.25) is 0 Å². The Morgan fingerprint density at radius 1 is 1.42 bits per heavy atom. The number of carbonyl (C=O) groups is 1. The summed E-state index contributed by atoms with van der Waals surface area (Å²) in [7, 11) is 0. The predicted octanol–water partition coefficient (Wildman–Crippen LogP) is 2.71. The molecule has 1 N–H and O–H groups in total. The summed E-state index contributed by atoms with van der Waals surface area (Å²) in [6.45, 7) is 3.01. The Bertz CT molecular complexity index is 395. The van der Waals surface area contributed by atoms with Crippen LogP contribution in [-0.2, 0) is 4.74 Å². The molecule has 5 heteroatoms. The van der Waals surface area contributed by atoms with E-state index in [1.807, 2.05) is 0 Å². The number of hydrogen-bond donors (Lipinski definition) is 1. The Morgan fingerprint density at radius 3 is 2.89 bits per heavy atom. The second-order valence-electron chi connectivity index (χ2n) is 4.19. The lowest BCUT2D eigenvalue weighted by atomic mass is 10.2. The highest BCUT2D eigenvalue weighted by Crippen LogP contribution is 2.21. The highest BCUT2D eigenvalue weighted by Gasteiger charge is 2.08. The van der Waals surface area contributed by atoms with Crippen molar-refractivity contribution in [2.24, 2.45) is 0 Å². The van der Waals surface area contributed by atoms with Gasteiger partial charge in [-0.2, -0.15) is 0 Å².